The van der Waals surface area contributed by atoms with Crippen LogP contribution in [0.3, 0.4) is 0 Å². The smallest absolute Gasteiger partial charge is 0.275 e. The highest BCUT2D eigenvalue weighted by molar-refractivity contribution is 6.35. The fraction of sp³-hybridized carbons (Fsp3) is 0.118. The second kappa shape index (κ2) is 7.90. The number of hydrogen-bond donors (Lipinski definition) is 2. The molecule has 1 amide bonds. The van der Waals surface area contributed by atoms with Gasteiger partial charge in [0.2, 0.25) is 0 Å². The number of carbonyl (C=O) groups is 1. The summed E-state index contributed by atoms with van der Waals surface area (Å²) in [7, 11) is 1.50. The molecule has 0 saturated carbocycles. The Labute approximate surface area is 145 Å². The zero-order valence-electron chi connectivity index (χ0n) is 12.7. The summed E-state index contributed by atoms with van der Waals surface area (Å²) in [6, 6.07) is 14.2. The Bertz CT molecular complexity index is 731. The van der Waals surface area contributed by atoms with Crippen LogP contribution in [0.4, 0.5) is 11.4 Å². The molecule has 0 unspecified atom stereocenters. The van der Waals surface area contributed by atoms with Gasteiger partial charge in [0.1, 0.15) is 11.5 Å². The van der Waals surface area contributed by atoms with Gasteiger partial charge in [-0.25, -0.2) is 0 Å². The van der Waals surface area contributed by atoms with Gasteiger partial charge in [0.25, 0.3) is 5.91 Å². The zero-order valence-corrected chi connectivity index (χ0v) is 14.2. The third-order valence-corrected chi connectivity index (χ3v) is 3.67. The van der Waals surface area contributed by atoms with Gasteiger partial charge in [-0.15, -0.1) is 0 Å². The largest absolute Gasteiger partial charge is 0.499 e. The van der Waals surface area contributed by atoms with E-state index in [1.54, 1.807) is 25.1 Å². The summed E-state index contributed by atoms with van der Waals surface area (Å²) in [6.45, 7) is 1.70. The van der Waals surface area contributed by atoms with E-state index < -0.39 is 0 Å². The minimum Gasteiger partial charge on any atom is -0.499 e. The summed E-state index contributed by atoms with van der Waals surface area (Å²) in [4.78, 5) is 12.6. The number of rotatable bonds is 5. The van der Waals surface area contributed by atoms with Crippen molar-refractivity contribution in [2.45, 2.75) is 6.92 Å². The first-order valence-corrected chi connectivity index (χ1v) is 7.60. The van der Waals surface area contributed by atoms with Crippen molar-refractivity contribution in [1.82, 2.24) is 0 Å². The first kappa shape index (κ1) is 17.2. The van der Waals surface area contributed by atoms with E-state index in [4.69, 9.17) is 27.9 Å². The van der Waals surface area contributed by atoms with Crippen LogP contribution in [0.25, 0.3) is 0 Å². The van der Waals surface area contributed by atoms with E-state index in [2.05, 4.69) is 10.6 Å². The molecule has 6 heteroatoms. The first-order valence-electron chi connectivity index (χ1n) is 6.84. The van der Waals surface area contributed by atoms with Crippen molar-refractivity contribution < 1.29 is 9.53 Å². The van der Waals surface area contributed by atoms with E-state index in [-0.39, 0.29) is 11.6 Å². The van der Waals surface area contributed by atoms with Gasteiger partial charge in [0.05, 0.1) is 17.8 Å². The van der Waals surface area contributed by atoms with Gasteiger partial charge in [-0.05, 0) is 37.3 Å². The number of nitrogens with one attached hydrogen (secondary N) is 2. The summed E-state index contributed by atoms with van der Waals surface area (Å²) in [6.07, 6.45) is 0. The Morgan fingerprint density at radius 3 is 2.39 bits per heavy atom. The maximum absolute atomic E-state index is 12.6. The first-order chi connectivity index (χ1) is 11.0. The minimum atomic E-state index is -0.377. The van der Waals surface area contributed by atoms with E-state index in [9.17, 15) is 4.79 Å². The normalized spacial score (nSPS) is 11.5. The molecule has 2 N–H and O–H groups in total. The van der Waals surface area contributed by atoms with Crippen molar-refractivity contribution in [3.8, 4) is 0 Å². The van der Waals surface area contributed by atoms with Gasteiger partial charge in [-0.2, -0.15) is 0 Å². The maximum Gasteiger partial charge on any atom is 0.275 e. The Morgan fingerprint density at radius 1 is 1.04 bits per heavy atom. The SMILES string of the molecule is CO/C(C)=C(/Nc1ccccc1)C(=O)Nc1cc(Cl)ccc1Cl. The third-order valence-electron chi connectivity index (χ3n) is 3.11. The standard InChI is InChI=1S/C17H16Cl2N2O2/c1-11(23-2)16(20-13-6-4-3-5-7-13)17(22)21-15-10-12(18)8-9-14(15)19/h3-10,20H,1-2H3,(H,21,22)/b16-11+. The van der Waals surface area contributed by atoms with Gasteiger partial charge >= 0.3 is 0 Å². The van der Waals surface area contributed by atoms with Crippen LogP contribution >= 0.6 is 23.2 Å². The van der Waals surface area contributed by atoms with Crippen molar-refractivity contribution in [3.05, 3.63) is 70.0 Å². The molecule has 23 heavy (non-hydrogen) atoms. The number of carbonyl (C=O) groups excluding carboxylic acids is 1. The molecule has 4 nitrogen and oxygen atoms in total. The highest BCUT2D eigenvalue weighted by Gasteiger charge is 2.16. The van der Waals surface area contributed by atoms with Crippen molar-refractivity contribution in [3.63, 3.8) is 0 Å². The van der Waals surface area contributed by atoms with Crippen LogP contribution in [0.5, 0.6) is 0 Å². The molecule has 0 aliphatic heterocycles. The lowest BCUT2D eigenvalue weighted by molar-refractivity contribution is -0.112. The number of benzene rings is 2. The van der Waals surface area contributed by atoms with Crippen LogP contribution in [0, 0.1) is 0 Å². The lowest BCUT2D eigenvalue weighted by atomic mass is 10.2. The average Bonchev–Trinajstić information content (AvgIpc) is 2.56. The van der Waals surface area contributed by atoms with Crippen LogP contribution in [-0.2, 0) is 9.53 Å². The summed E-state index contributed by atoms with van der Waals surface area (Å²) in [5.74, 6) is 0.0712. The Balaban J connectivity index is 2.26. The van der Waals surface area contributed by atoms with Gasteiger partial charge in [0, 0.05) is 10.7 Å². The predicted molar refractivity (Wildman–Crippen MR) is 94.9 cm³/mol. The summed E-state index contributed by atoms with van der Waals surface area (Å²) in [5, 5.41) is 6.66. The van der Waals surface area contributed by atoms with Crippen molar-refractivity contribution in [2.24, 2.45) is 0 Å². The lowest BCUT2D eigenvalue weighted by Crippen LogP contribution is -2.22. The minimum absolute atomic E-state index is 0.287. The average molecular weight is 351 g/mol. The van der Waals surface area contributed by atoms with Gasteiger partial charge in [0.15, 0.2) is 0 Å². The molecule has 0 spiro atoms. The molecule has 0 aliphatic carbocycles. The fourth-order valence-electron chi connectivity index (χ4n) is 1.85. The highest BCUT2D eigenvalue weighted by Crippen LogP contribution is 2.26. The summed E-state index contributed by atoms with van der Waals surface area (Å²) >= 11 is 12.0. The number of anilines is 2. The number of methoxy groups -OCH3 is 1. The number of para-hydroxylation sites is 1. The van der Waals surface area contributed by atoms with Gasteiger partial charge < -0.3 is 15.4 Å². The molecule has 120 valence electrons. The van der Waals surface area contributed by atoms with Crippen LogP contribution in [0.2, 0.25) is 10.0 Å². The highest BCUT2D eigenvalue weighted by atomic mass is 35.5. The van der Waals surface area contributed by atoms with Crippen LogP contribution in [-0.4, -0.2) is 13.0 Å². The molecule has 0 radical (unpaired) electrons. The topological polar surface area (TPSA) is 50.4 Å². The third kappa shape index (κ3) is 4.65. The Morgan fingerprint density at radius 2 is 1.74 bits per heavy atom. The van der Waals surface area contributed by atoms with Gasteiger partial charge in [-0.3, -0.25) is 4.79 Å². The fourth-order valence-corrected chi connectivity index (χ4v) is 2.19. The second-order valence-electron chi connectivity index (χ2n) is 4.70. The number of halogens is 2. The van der Waals surface area contributed by atoms with Crippen LogP contribution in [0.1, 0.15) is 6.92 Å². The summed E-state index contributed by atoms with van der Waals surface area (Å²) < 4.78 is 5.19. The monoisotopic (exact) mass is 350 g/mol. The van der Waals surface area contributed by atoms with E-state index in [0.717, 1.165) is 5.69 Å². The van der Waals surface area contributed by atoms with E-state index in [1.807, 2.05) is 30.3 Å². The van der Waals surface area contributed by atoms with Crippen LogP contribution in [0.15, 0.2) is 60.0 Å². The summed E-state index contributed by atoms with van der Waals surface area (Å²) in [5.41, 5.74) is 1.49. The number of allylic oxidation sites excluding steroid dienone is 1. The maximum atomic E-state index is 12.6. The van der Waals surface area contributed by atoms with Crippen molar-refractivity contribution >= 4 is 40.5 Å². The molecule has 0 bridgehead atoms. The molecular formula is C17H16Cl2N2O2. The molecule has 0 fully saturated rings. The zero-order chi connectivity index (χ0) is 16.8. The van der Waals surface area contributed by atoms with Gasteiger partial charge in [-0.1, -0.05) is 41.4 Å². The van der Waals surface area contributed by atoms with E-state index in [1.165, 1.54) is 7.11 Å². The predicted octanol–water partition coefficient (Wildman–Crippen LogP) is 4.92. The molecule has 0 atom stereocenters. The van der Waals surface area contributed by atoms with E-state index in [0.29, 0.717) is 21.5 Å². The Kier molecular flexibility index (Phi) is 5.90. The number of ether oxygens (including phenoxy) is 1. The number of hydrogen-bond acceptors (Lipinski definition) is 3. The molecule has 0 heterocycles. The molecule has 0 aromatic heterocycles. The van der Waals surface area contributed by atoms with E-state index >= 15 is 0 Å². The van der Waals surface area contributed by atoms with Crippen molar-refractivity contribution in [1.29, 1.82) is 0 Å². The molecule has 2 aromatic carbocycles. The Hall–Kier alpha value is -2.17. The quantitative estimate of drug-likeness (QED) is 0.594. The molecule has 2 aromatic rings. The lowest BCUT2D eigenvalue weighted by Gasteiger charge is -2.15. The number of amides is 1. The second-order valence-corrected chi connectivity index (χ2v) is 5.55. The molecule has 2 rings (SSSR count). The van der Waals surface area contributed by atoms with Crippen LogP contribution < -0.4 is 10.6 Å². The molecule has 0 aliphatic rings. The van der Waals surface area contributed by atoms with Crippen molar-refractivity contribution in [2.75, 3.05) is 17.7 Å². The molecular weight excluding hydrogens is 335 g/mol. The molecule has 0 saturated heterocycles.